The number of aromatic nitrogens is 5. The Balaban J connectivity index is 1.45. The number of carbonyl (C=O) groups is 1. The van der Waals surface area contributed by atoms with E-state index in [2.05, 4.69) is 45.8 Å². The Bertz CT molecular complexity index is 1410. The largest absolute Gasteiger partial charge is 0.382 e. The number of hydrogen-bond acceptors (Lipinski definition) is 8. The summed E-state index contributed by atoms with van der Waals surface area (Å²) in [6.45, 7) is 5.72. The predicted octanol–water partition coefficient (Wildman–Crippen LogP) is 3.99. The van der Waals surface area contributed by atoms with Crippen LogP contribution in [0.5, 0.6) is 0 Å². The van der Waals surface area contributed by atoms with Crippen LogP contribution in [0, 0.1) is 11.3 Å². The fraction of sp³-hybridized carbons (Fsp3) is 0.333. The van der Waals surface area contributed by atoms with Gasteiger partial charge in [-0.1, -0.05) is 11.3 Å². The van der Waals surface area contributed by atoms with Crippen LogP contribution in [-0.4, -0.2) is 42.8 Å². The molecule has 1 saturated carbocycles. The molecule has 1 aliphatic rings. The van der Waals surface area contributed by atoms with Crippen molar-refractivity contribution >= 4 is 28.4 Å². The van der Waals surface area contributed by atoms with Crippen LogP contribution in [0.1, 0.15) is 50.1 Å². The van der Waals surface area contributed by atoms with E-state index >= 15 is 0 Å². The molecular weight excluding hydrogens is 448 g/mol. The fourth-order valence-corrected chi connectivity index (χ4v) is 5.18. The van der Waals surface area contributed by atoms with E-state index in [0.717, 1.165) is 51.0 Å². The first-order valence-corrected chi connectivity index (χ1v) is 12.0. The van der Waals surface area contributed by atoms with Gasteiger partial charge in [0.2, 0.25) is 5.91 Å². The Labute approximate surface area is 200 Å². The summed E-state index contributed by atoms with van der Waals surface area (Å²) in [5.74, 6) is 0.335. The maximum absolute atomic E-state index is 11.3. The maximum atomic E-state index is 11.3. The molecule has 1 amide bonds. The lowest BCUT2D eigenvalue weighted by Gasteiger charge is -2.33. The van der Waals surface area contributed by atoms with Crippen molar-refractivity contribution < 1.29 is 4.79 Å². The zero-order valence-electron chi connectivity index (χ0n) is 19.1. The van der Waals surface area contributed by atoms with Gasteiger partial charge in [0.25, 0.3) is 0 Å². The van der Waals surface area contributed by atoms with Crippen molar-refractivity contribution in [2.45, 2.75) is 51.6 Å². The lowest BCUT2D eigenvalue weighted by Crippen LogP contribution is -2.42. The van der Waals surface area contributed by atoms with Gasteiger partial charge < -0.3 is 10.6 Å². The highest BCUT2D eigenvalue weighted by molar-refractivity contribution is 7.14. The van der Waals surface area contributed by atoms with Gasteiger partial charge in [-0.15, -0.1) is 10.2 Å². The van der Waals surface area contributed by atoms with Crippen molar-refractivity contribution in [2.24, 2.45) is 0 Å². The normalized spacial score (nSPS) is 17.4. The van der Waals surface area contributed by atoms with Crippen molar-refractivity contribution in [1.29, 1.82) is 5.26 Å². The van der Waals surface area contributed by atoms with Crippen molar-refractivity contribution in [2.75, 3.05) is 5.32 Å². The summed E-state index contributed by atoms with van der Waals surface area (Å²) >= 11 is 1.58. The van der Waals surface area contributed by atoms with E-state index in [1.54, 1.807) is 35.0 Å². The van der Waals surface area contributed by atoms with Crippen LogP contribution in [0.2, 0.25) is 0 Å². The third kappa shape index (κ3) is 4.22. The Morgan fingerprint density at radius 3 is 2.79 bits per heavy atom. The number of nitriles is 1. The lowest BCUT2D eigenvalue weighted by atomic mass is 9.81. The summed E-state index contributed by atoms with van der Waals surface area (Å²) < 4.78 is 1.78. The highest BCUT2D eigenvalue weighted by Crippen LogP contribution is 2.41. The zero-order chi connectivity index (χ0) is 23.8. The molecule has 0 aliphatic heterocycles. The monoisotopic (exact) mass is 472 g/mol. The van der Waals surface area contributed by atoms with Crippen molar-refractivity contribution in [3.05, 3.63) is 47.2 Å². The van der Waals surface area contributed by atoms with E-state index in [1.807, 2.05) is 24.4 Å². The van der Waals surface area contributed by atoms with Crippen molar-refractivity contribution in [1.82, 2.24) is 30.1 Å². The molecule has 0 spiro atoms. The number of nitrogens with one attached hydrogen (secondary N) is 2. The molecule has 9 nitrogen and oxygen atoms in total. The summed E-state index contributed by atoms with van der Waals surface area (Å²) in [6.07, 6.45) is 5.17. The summed E-state index contributed by atoms with van der Waals surface area (Å²) in [5, 5.41) is 30.7. The van der Waals surface area contributed by atoms with Crippen LogP contribution in [0.25, 0.3) is 27.5 Å². The minimum absolute atomic E-state index is 0.00781. The van der Waals surface area contributed by atoms with Crippen LogP contribution in [-0.2, 0) is 4.79 Å². The van der Waals surface area contributed by atoms with Crippen molar-refractivity contribution in [3.63, 3.8) is 0 Å². The quantitative estimate of drug-likeness (QED) is 0.435. The second kappa shape index (κ2) is 8.83. The molecule has 5 rings (SSSR count). The van der Waals surface area contributed by atoms with Crippen LogP contribution in [0.3, 0.4) is 0 Å². The second-order valence-electron chi connectivity index (χ2n) is 8.84. The van der Waals surface area contributed by atoms with E-state index in [4.69, 9.17) is 10.2 Å². The number of amides is 1. The number of nitrogens with zero attached hydrogens (tertiary/aromatic N) is 6. The van der Waals surface area contributed by atoms with E-state index in [-0.39, 0.29) is 18.0 Å². The Kier molecular flexibility index (Phi) is 5.71. The number of pyridine rings is 1. The highest BCUT2D eigenvalue weighted by Gasteiger charge is 2.33. The number of fused-ring (bicyclic) bond motifs is 1. The Hall–Kier alpha value is -3.84. The summed E-state index contributed by atoms with van der Waals surface area (Å²) in [4.78, 5) is 16.0. The lowest BCUT2D eigenvalue weighted by molar-refractivity contribution is -0.120. The molecule has 0 aromatic carbocycles. The van der Waals surface area contributed by atoms with Crippen LogP contribution in [0.15, 0.2) is 36.7 Å². The average Bonchev–Trinajstić information content (AvgIpc) is 3.42. The molecule has 0 bridgehead atoms. The van der Waals surface area contributed by atoms with Crippen LogP contribution in [0.4, 0.5) is 5.69 Å². The highest BCUT2D eigenvalue weighted by atomic mass is 32.1. The van der Waals surface area contributed by atoms with E-state index in [0.29, 0.717) is 11.5 Å². The van der Waals surface area contributed by atoms with E-state index < -0.39 is 0 Å². The molecule has 2 N–H and O–H groups in total. The number of rotatable bonds is 6. The topological polar surface area (TPSA) is 121 Å². The van der Waals surface area contributed by atoms with Gasteiger partial charge >= 0.3 is 0 Å². The van der Waals surface area contributed by atoms with Gasteiger partial charge in [0.05, 0.1) is 34.2 Å². The van der Waals surface area contributed by atoms with Gasteiger partial charge in [-0.3, -0.25) is 9.78 Å². The smallest absolute Gasteiger partial charge is 0.217 e. The molecule has 0 unspecified atom stereocenters. The number of carbonyl (C=O) groups excluding carboxylic acids is 1. The van der Waals surface area contributed by atoms with Crippen LogP contribution >= 0.6 is 11.3 Å². The number of hydrogen-bond donors (Lipinski definition) is 2. The molecule has 34 heavy (non-hydrogen) atoms. The fourth-order valence-electron chi connectivity index (χ4n) is 4.18. The minimum atomic E-state index is 0.00781. The Morgan fingerprint density at radius 2 is 2.06 bits per heavy atom. The summed E-state index contributed by atoms with van der Waals surface area (Å²) in [6, 6.07) is 10.3. The first kappa shape index (κ1) is 22.0. The zero-order valence-corrected chi connectivity index (χ0v) is 19.9. The summed E-state index contributed by atoms with van der Waals surface area (Å²) in [5.41, 5.74) is 4.80. The Morgan fingerprint density at radius 1 is 1.24 bits per heavy atom. The second-order valence-corrected chi connectivity index (χ2v) is 9.85. The molecule has 4 aromatic rings. The molecule has 0 atom stereocenters. The predicted molar refractivity (Wildman–Crippen MR) is 130 cm³/mol. The first-order chi connectivity index (χ1) is 16.4. The summed E-state index contributed by atoms with van der Waals surface area (Å²) in [7, 11) is 0. The third-order valence-electron chi connectivity index (χ3n) is 5.81. The molecule has 1 aliphatic carbocycles. The molecule has 172 valence electrons. The first-order valence-electron chi connectivity index (χ1n) is 11.2. The molecular formula is C24H24N8OS. The van der Waals surface area contributed by atoms with Gasteiger partial charge in [-0.25, -0.2) is 4.52 Å². The maximum Gasteiger partial charge on any atom is 0.217 e. The van der Waals surface area contributed by atoms with Gasteiger partial charge in [-0.05, 0) is 51.0 Å². The average molecular weight is 473 g/mol. The molecule has 0 radical (unpaired) electrons. The molecule has 10 heteroatoms. The van der Waals surface area contributed by atoms with E-state index in [1.165, 1.54) is 0 Å². The van der Waals surface area contributed by atoms with Crippen LogP contribution < -0.4 is 10.6 Å². The van der Waals surface area contributed by atoms with Gasteiger partial charge in [0, 0.05) is 36.8 Å². The number of anilines is 1. The van der Waals surface area contributed by atoms with Gasteiger partial charge in [0.15, 0.2) is 5.01 Å². The molecule has 4 aromatic heterocycles. The molecule has 1 fully saturated rings. The minimum Gasteiger partial charge on any atom is -0.382 e. The van der Waals surface area contributed by atoms with Gasteiger partial charge in [0.1, 0.15) is 11.1 Å². The SMILES string of the molecule is CC(=O)N[C@H]1C[C@H](c2nnc(-c3cnc(-c4ccc5cc(C#N)cnn45)cc3NC(C)C)s2)C1. The molecule has 0 saturated heterocycles. The van der Waals surface area contributed by atoms with Crippen molar-refractivity contribution in [3.8, 4) is 28.0 Å². The molecule has 4 heterocycles. The standard InChI is InChI=1S/C24H24N8OS/c1-13(2)28-20-9-21(22-5-4-18-6-15(10-25)11-27-32(18)22)26-12-19(20)24-31-30-23(34-24)16-7-17(8-16)29-14(3)33/h4-6,9,11-13,16-17H,7-8H2,1-3H3,(H,26,28)(H,29,33)/t16-,17-. The third-order valence-corrected chi connectivity index (χ3v) is 6.92. The van der Waals surface area contributed by atoms with Gasteiger partial charge in [-0.2, -0.15) is 10.4 Å². The van der Waals surface area contributed by atoms with E-state index in [9.17, 15) is 4.79 Å².